The summed E-state index contributed by atoms with van der Waals surface area (Å²) in [6.07, 6.45) is 3.61. The first-order valence-corrected chi connectivity index (χ1v) is 9.45. The first kappa shape index (κ1) is 18.4. The quantitative estimate of drug-likeness (QED) is 0.403. The van der Waals surface area contributed by atoms with Gasteiger partial charge in [0.15, 0.2) is 5.96 Å². The molecule has 1 aliphatic heterocycles. The Labute approximate surface area is 155 Å². The molecule has 7 heteroatoms. The predicted octanol–water partition coefficient (Wildman–Crippen LogP) is 1.15. The number of para-hydroxylation sites is 2. The first-order valence-electron chi connectivity index (χ1n) is 9.45. The average molecular weight is 359 g/mol. The van der Waals surface area contributed by atoms with Gasteiger partial charge in [-0.2, -0.15) is 0 Å². The maximum absolute atomic E-state index is 11.7. The van der Waals surface area contributed by atoms with Crippen LogP contribution in [0, 0.1) is 0 Å². The summed E-state index contributed by atoms with van der Waals surface area (Å²) in [5, 5.41) is 16.4. The van der Waals surface area contributed by atoms with Gasteiger partial charge in [-0.3, -0.25) is 9.79 Å². The first-order chi connectivity index (χ1) is 12.7. The van der Waals surface area contributed by atoms with Crippen LogP contribution in [0.4, 0.5) is 5.69 Å². The number of amides is 1. The van der Waals surface area contributed by atoms with Gasteiger partial charge in [0.05, 0.1) is 5.69 Å². The standard InChI is InChI=1S/C19H29N5O2/c1-20-19(21-10-4-7-18(26)22-15-8-9-15)24-13-11-23(12-14-24)16-5-2-3-6-17(16)25/h2-3,5-6,15,25H,4,7-14H2,1H3,(H,20,21)(H,22,26). The predicted molar refractivity (Wildman–Crippen MR) is 104 cm³/mol. The van der Waals surface area contributed by atoms with Crippen molar-refractivity contribution in [3.05, 3.63) is 24.3 Å². The van der Waals surface area contributed by atoms with Crippen molar-refractivity contribution in [3.8, 4) is 5.75 Å². The second-order valence-corrected chi connectivity index (χ2v) is 6.88. The topological polar surface area (TPSA) is 80.2 Å². The zero-order chi connectivity index (χ0) is 18.4. The molecule has 142 valence electrons. The molecule has 1 aromatic rings. The van der Waals surface area contributed by atoms with E-state index in [1.807, 2.05) is 18.2 Å². The van der Waals surface area contributed by atoms with Gasteiger partial charge in [0.2, 0.25) is 5.91 Å². The highest BCUT2D eigenvalue weighted by molar-refractivity contribution is 5.80. The Kier molecular flexibility index (Phi) is 6.20. The number of benzene rings is 1. The molecule has 0 spiro atoms. The van der Waals surface area contributed by atoms with Crippen molar-refractivity contribution in [1.29, 1.82) is 0 Å². The van der Waals surface area contributed by atoms with Crippen LogP contribution in [0.25, 0.3) is 0 Å². The molecule has 7 nitrogen and oxygen atoms in total. The lowest BCUT2D eigenvalue weighted by atomic mass is 10.2. The lowest BCUT2D eigenvalue weighted by Gasteiger charge is -2.37. The Morgan fingerprint density at radius 3 is 2.62 bits per heavy atom. The van der Waals surface area contributed by atoms with E-state index in [0.29, 0.717) is 18.2 Å². The largest absolute Gasteiger partial charge is 0.506 e. The summed E-state index contributed by atoms with van der Waals surface area (Å²) in [6.45, 7) is 4.10. The highest BCUT2D eigenvalue weighted by Gasteiger charge is 2.23. The molecule has 0 unspecified atom stereocenters. The third-order valence-electron chi connectivity index (χ3n) is 4.82. The number of carbonyl (C=O) groups excluding carboxylic acids is 1. The number of aromatic hydroxyl groups is 1. The third kappa shape index (κ3) is 5.03. The number of guanidine groups is 1. The molecule has 1 saturated heterocycles. The fourth-order valence-corrected chi connectivity index (χ4v) is 3.20. The molecule has 3 N–H and O–H groups in total. The smallest absolute Gasteiger partial charge is 0.220 e. The van der Waals surface area contributed by atoms with Crippen molar-refractivity contribution in [2.24, 2.45) is 4.99 Å². The number of anilines is 1. The summed E-state index contributed by atoms with van der Waals surface area (Å²) >= 11 is 0. The molecule has 2 aliphatic rings. The minimum absolute atomic E-state index is 0.153. The molecule has 1 aromatic carbocycles. The molecule has 1 aliphatic carbocycles. The Balaban J connectivity index is 1.39. The molecule has 0 aromatic heterocycles. The normalized spacial score (nSPS) is 18.0. The summed E-state index contributed by atoms with van der Waals surface area (Å²) in [5.74, 6) is 1.36. The van der Waals surface area contributed by atoms with E-state index in [9.17, 15) is 9.90 Å². The maximum atomic E-state index is 11.7. The number of aliphatic imine (C=N–C) groups is 1. The number of nitrogens with one attached hydrogen (secondary N) is 2. The lowest BCUT2D eigenvalue weighted by molar-refractivity contribution is -0.121. The summed E-state index contributed by atoms with van der Waals surface area (Å²) in [6, 6.07) is 7.89. The molecule has 26 heavy (non-hydrogen) atoms. The van der Waals surface area contributed by atoms with Crippen LogP contribution in [0.5, 0.6) is 5.75 Å². The van der Waals surface area contributed by atoms with Crippen LogP contribution in [-0.2, 0) is 4.79 Å². The number of phenols is 1. The Bertz CT molecular complexity index is 637. The number of carbonyl (C=O) groups is 1. The third-order valence-corrected chi connectivity index (χ3v) is 4.82. The second kappa shape index (κ2) is 8.78. The Morgan fingerprint density at radius 2 is 1.96 bits per heavy atom. The number of nitrogens with zero attached hydrogens (tertiary/aromatic N) is 3. The minimum Gasteiger partial charge on any atom is -0.506 e. The van der Waals surface area contributed by atoms with Gasteiger partial charge < -0.3 is 25.5 Å². The fourth-order valence-electron chi connectivity index (χ4n) is 3.20. The van der Waals surface area contributed by atoms with Crippen molar-refractivity contribution < 1.29 is 9.90 Å². The monoisotopic (exact) mass is 359 g/mol. The van der Waals surface area contributed by atoms with Gasteiger partial charge in [0.1, 0.15) is 5.75 Å². The van der Waals surface area contributed by atoms with Crippen LogP contribution >= 0.6 is 0 Å². The SMILES string of the molecule is CN=C(NCCCC(=O)NC1CC1)N1CCN(c2ccccc2O)CC1. The average Bonchev–Trinajstić information content (AvgIpc) is 3.46. The highest BCUT2D eigenvalue weighted by atomic mass is 16.3. The maximum Gasteiger partial charge on any atom is 0.220 e. The molecule has 1 amide bonds. The van der Waals surface area contributed by atoms with Crippen LogP contribution in [-0.4, -0.2) is 67.7 Å². The zero-order valence-electron chi connectivity index (χ0n) is 15.4. The van der Waals surface area contributed by atoms with Gasteiger partial charge >= 0.3 is 0 Å². The van der Waals surface area contributed by atoms with Gasteiger partial charge in [-0.25, -0.2) is 0 Å². The van der Waals surface area contributed by atoms with Gasteiger partial charge in [-0.15, -0.1) is 0 Å². The molecular weight excluding hydrogens is 330 g/mol. The molecule has 0 atom stereocenters. The molecule has 1 heterocycles. The zero-order valence-corrected chi connectivity index (χ0v) is 15.4. The van der Waals surface area contributed by atoms with E-state index in [0.717, 1.165) is 63.6 Å². The van der Waals surface area contributed by atoms with E-state index >= 15 is 0 Å². The van der Waals surface area contributed by atoms with Crippen molar-refractivity contribution in [3.63, 3.8) is 0 Å². The number of hydrogen-bond donors (Lipinski definition) is 3. The number of hydrogen-bond acceptors (Lipinski definition) is 4. The minimum atomic E-state index is 0.153. The van der Waals surface area contributed by atoms with E-state index in [1.165, 1.54) is 0 Å². The van der Waals surface area contributed by atoms with Crippen molar-refractivity contribution in [2.45, 2.75) is 31.7 Å². The van der Waals surface area contributed by atoms with Crippen LogP contribution in [0.15, 0.2) is 29.3 Å². The van der Waals surface area contributed by atoms with E-state index in [2.05, 4.69) is 25.4 Å². The van der Waals surface area contributed by atoms with Crippen LogP contribution in [0.2, 0.25) is 0 Å². The Hall–Kier alpha value is -2.44. The van der Waals surface area contributed by atoms with Crippen LogP contribution in [0.3, 0.4) is 0 Å². The van der Waals surface area contributed by atoms with Gasteiger partial charge in [-0.1, -0.05) is 12.1 Å². The molecule has 0 radical (unpaired) electrons. The Morgan fingerprint density at radius 1 is 1.23 bits per heavy atom. The van der Waals surface area contributed by atoms with Gasteiger partial charge in [-0.05, 0) is 31.4 Å². The second-order valence-electron chi connectivity index (χ2n) is 6.88. The molecule has 0 bridgehead atoms. The van der Waals surface area contributed by atoms with Gasteiger partial charge in [0, 0.05) is 52.2 Å². The number of phenolic OH excluding ortho intramolecular Hbond substituents is 1. The lowest BCUT2D eigenvalue weighted by Crippen LogP contribution is -2.52. The highest BCUT2D eigenvalue weighted by Crippen LogP contribution is 2.27. The van der Waals surface area contributed by atoms with E-state index < -0.39 is 0 Å². The summed E-state index contributed by atoms with van der Waals surface area (Å²) in [5.41, 5.74) is 0.886. The van der Waals surface area contributed by atoms with Crippen molar-refractivity contribution in [1.82, 2.24) is 15.5 Å². The van der Waals surface area contributed by atoms with Crippen LogP contribution in [0.1, 0.15) is 25.7 Å². The molecule has 1 saturated carbocycles. The van der Waals surface area contributed by atoms with Gasteiger partial charge in [0.25, 0.3) is 0 Å². The van der Waals surface area contributed by atoms with Crippen LogP contribution < -0.4 is 15.5 Å². The molecule has 2 fully saturated rings. The summed E-state index contributed by atoms with van der Waals surface area (Å²) < 4.78 is 0. The van der Waals surface area contributed by atoms with Crippen molar-refractivity contribution >= 4 is 17.6 Å². The summed E-state index contributed by atoms with van der Waals surface area (Å²) in [4.78, 5) is 20.5. The molecular formula is C19H29N5O2. The summed E-state index contributed by atoms with van der Waals surface area (Å²) in [7, 11) is 1.79. The van der Waals surface area contributed by atoms with Crippen molar-refractivity contribution in [2.75, 3.05) is 44.7 Å². The number of piperazine rings is 1. The van der Waals surface area contributed by atoms with E-state index in [4.69, 9.17) is 0 Å². The number of rotatable bonds is 6. The van der Waals surface area contributed by atoms with E-state index in [1.54, 1.807) is 13.1 Å². The fraction of sp³-hybridized carbons (Fsp3) is 0.579. The van der Waals surface area contributed by atoms with E-state index in [-0.39, 0.29) is 5.91 Å². The molecule has 3 rings (SSSR count).